The fraction of sp³-hybridized carbons (Fsp3) is 0.692. The van der Waals surface area contributed by atoms with Crippen LogP contribution in [0.3, 0.4) is 0 Å². The summed E-state index contributed by atoms with van der Waals surface area (Å²) in [5.41, 5.74) is 0.263. The molecule has 1 aromatic rings. The predicted octanol–water partition coefficient (Wildman–Crippen LogP) is 4.61. The van der Waals surface area contributed by atoms with E-state index in [-0.39, 0.29) is 5.54 Å². The third-order valence-electron chi connectivity index (χ3n) is 2.38. The zero-order valence-electron chi connectivity index (χ0n) is 10.5. The summed E-state index contributed by atoms with van der Waals surface area (Å²) in [5, 5.41) is 3.52. The van der Waals surface area contributed by atoms with Gasteiger partial charge in [0.25, 0.3) is 0 Å². The van der Waals surface area contributed by atoms with Crippen LogP contribution in [0.4, 0.5) is 0 Å². The van der Waals surface area contributed by atoms with E-state index in [4.69, 9.17) is 0 Å². The second kappa shape index (κ2) is 6.77. The van der Waals surface area contributed by atoms with Gasteiger partial charge in [0.15, 0.2) is 0 Å². The van der Waals surface area contributed by atoms with Gasteiger partial charge in [0.2, 0.25) is 0 Å². The number of unbranched alkanes of at least 4 members (excludes halogenated alkanes) is 2. The molecule has 0 aliphatic carbocycles. The van der Waals surface area contributed by atoms with Gasteiger partial charge in [-0.15, -0.1) is 11.3 Å². The molecule has 1 aromatic heterocycles. The van der Waals surface area contributed by atoms with Crippen LogP contribution in [0, 0.1) is 0 Å². The standard InChI is InChI=1S/C13H22BrNS/c1-13(2,3)15-10-6-4-5-7-11-8-9-12(14)16-11/h8-9,15H,4-7,10H2,1-3H3. The molecule has 0 bridgehead atoms. The van der Waals surface area contributed by atoms with Crippen LogP contribution in [-0.2, 0) is 6.42 Å². The van der Waals surface area contributed by atoms with Crippen LogP contribution in [0.15, 0.2) is 15.9 Å². The highest BCUT2D eigenvalue weighted by molar-refractivity contribution is 9.11. The lowest BCUT2D eigenvalue weighted by atomic mass is 10.1. The van der Waals surface area contributed by atoms with Crippen LogP contribution in [0.25, 0.3) is 0 Å². The van der Waals surface area contributed by atoms with Crippen LogP contribution in [0.2, 0.25) is 0 Å². The normalized spacial score (nSPS) is 12.0. The van der Waals surface area contributed by atoms with Gasteiger partial charge in [0.1, 0.15) is 0 Å². The van der Waals surface area contributed by atoms with E-state index in [0.29, 0.717) is 0 Å². The number of rotatable bonds is 6. The molecule has 0 unspecified atom stereocenters. The predicted molar refractivity (Wildman–Crippen MR) is 77.3 cm³/mol. The Morgan fingerprint density at radius 1 is 1.19 bits per heavy atom. The first kappa shape index (κ1) is 14.2. The molecule has 0 amide bonds. The number of nitrogens with one attached hydrogen (secondary N) is 1. The van der Waals surface area contributed by atoms with E-state index in [1.807, 2.05) is 11.3 Å². The van der Waals surface area contributed by atoms with E-state index in [1.165, 1.54) is 34.3 Å². The fourth-order valence-electron chi connectivity index (χ4n) is 1.55. The minimum atomic E-state index is 0.263. The first-order valence-corrected chi connectivity index (χ1v) is 7.57. The Morgan fingerprint density at radius 2 is 1.94 bits per heavy atom. The molecule has 1 N–H and O–H groups in total. The second-order valence-corrected chi connectivity index (χ2v) is 7.74. The molecule has 0 aromatic carbocycles. The van der Waals surface area contributed by atoms with Crippen molar-refractivity contribution in [2.45, 2.75) is 52.0 Å². The van der Waals surface area contributed by atoms with Crippen molar-refractivity contribution in [2.24, 2.45) is 0 Å². The van der Waals surface area contributed by atoms with Crippen LogP contribution >= 0.6 is 27.3 Å². The maximum atomic E-state index is 3.52. The second-order valence-electron chi connectivity index (χ2n) is 5.19. The van der Waals surface area contributed by atoms with E-state index < -0.39 is 0 Å². The van der Waals surface area contributed by atoms with Crippen LogP contribution < -0.4 is 5.32 Å². The lowest BCUT2D eigenvalue weighted by Crippen LogP contribution is -2.36. The van der Waals surface area contributed by atoms with Crippen molar-refractivity contribution in [1.82, 2.24) is 5.32 Å². The average molecular weight is 304 g/mol. The lowest BCUT2D eigenvalue weighted by Gasteiger charge is -2.20. The molecular weight excluding hydrogens is 282 g/mol. The SMILES string of the molecule is CC(C)(C)NCCCCCc1ccc(Br)s1. The molecule has 3 heteroatoms. The topological polar surface area (TPSA) is 12.0 Å². The smallest absolute Gasteiger partial charge is 0.0701 e. The summed E-state index contributed by atoms with van der Waals surface area (Å²) in [7, 11) is 0. The maximum absolute atomic E-state index is 3.52. The first-order valence-electron chi connectivity index (χ1n) is 5.97. The molecule has 0 saturated heterocycles. The minimum absolute atomic E-state index is 0.263. The molecule has 0 spiro atoms. The largest absolute Gasteiger partial charge is 0.312 e. The highest BCUT2D eigenvalue weighted by atomic mass is 79.9. The molecule has 0 atom stereocenters. The van der Waals surface area contributed by atoms with Crippen LogP contribution in [0.1, 0.15) is 44.9 Å². The van der Waals surface area contributed by atoms with Gasteiger partial charge in [-0.2, -0.15) is 0 Å². The van der Waals surface area contributed by atoms with Gasteiger partial charge >= 0.3 is 0 Å². The molecule has 16 heavy (non-hydrogen) atoms. The number of aryl methyl sites for hydroxylation is 1. The summed E-state index contributed by atoms with van der Waals surface area (Å²) in [6, 6.07) is 4.36. The highest BCUT2D eigenvalue weighted by Crippen LogP contribution is 2.23. The van der Waals surface area contributed by atoms with E-state index in [2.05, 4.69) is 54.2 Å². The molecule has 0 saturated carbocycles. The summed E-state index contributed by atoms with van der Waals surface area (Å²) in [4.78, 5) is 1.50. The van der Waals surface area contributed by atoms with E-state index in [1.54, 1.807) is 0 Å². The maximum Gasteiger partial charge on any atom is 0.0701 e. The lowest BCUT2D eigenvalue weighted by molar-refractivity contribution is 0.417. The Balaban J connectivity index is 2.00. The number of hydrogen-bond donors (Lipinski definition) is 1. The molecule has 0 aliphatic heterocycles. The van der Waals surface area contributed by atoms with Crippen molar-refractivity contribution in [3.63, 3.8) is 0 Å². The third-order valence-corrected chi connectivity index (χ3v) is 4.07. The molecule has 0 aliphatic rings. The quantitative estimate of drug-likeness (QED) is 0.757. The van der Waals surface area contributed by atoms with Crippen LogP contribution in [0.5, 0.6) is 0 Å². The summed E-state index contributed by atoms with van der Waals surface area (Å²) in [6.07, 6.45) is 5.13. The van der Waals surface area contributed by atoms with Crippen molar-refractivity contribution >= 4 is 27.3 Å². The molecule has 0 fully saturated rings. The zero-order chi connectivity index (χ0) is 12.0. The molecule has 92 valence electrons. The third kappa shape index (κ3) is 6.66. The molecule has 1 nitrogen and oxygen atoms in total. The molecular formula is C13H22BrNS. The average Bonchev–Trinajstić information content (AvgIpc) is 2.56. The monoisotopic (exact) mass is 303 g/mol. The summed E-state index contributed by atoms with van der Waals surface area (Å²) >= 11 is 5.35. The van der Waals surface area contributed by atoms with Crippen molar-refractivity contribution in [3.8, 4) is 0 Å². The van der Waals surface area contributed by atoms with E-state index in [9.17, 15) is 0 Å². The van der Waals surface area contributed by atoms with Crippen molar-refractivity contribution < 1.29 is 0 Å². The zero-order valence-corrected chi connectivity index (χ0v) is 12.9. The summed E-state index contributed by atoms with van der Waals surface area (Å²) in [5.74, 6) is 0. The van der Waals surface area contributed by atoms with E-state index in [0.717, 1.165) is 6.54 Å². The number of thiophene rings is 1. The van der Waals surface area contributed by atoms with Gasteiger partial charge < -0.3 is 5.32 Å². The Morgan fingerprint density at radius 3 is 2.50 bits per heavy atom. The fourth-order valence-corrected chi connectivity index (χ4v) is 3.08. The molecule has 1 rings (SSSR count). The van der Waals surface area contributed by atoms with Gasteiger partial charge in [-0.1, -0.05) is 6.42 Å². The molecule has 1 heterocycles. The first-order chi connectivity index (χ1) is 7.47. The van der Waals surface area contributed by atoms with Crippen molar-refractivity contribution in [1.29, 1.82) is 0 Å². The van der Waals surface area contributed by atoms with Crippen molar-refractivity contribution in [2.75, 3.05) is 6.54 Å². The molecule has 0 radical (unpaired) electrons. The summed E-state index contributed by atoms with van der Waals surface area (Å²) in [6.45, 7) is 7.79. The number of hydrogen-bond acceptors (Lipinski definition) is 2. The van der Waals surface area contributed by atoms with Gasteiger partial charge in [0, 0.05) is 10.4 Å². The van der Waals surface area contributed by atoms with Gasteiger partial charge in [-0.05, 0) is 74.6 Å². The Bertz CT molecular complexity index is 301. The van der Waals surface area contributed by atoms with Gasteiger partial charge in [0.05, 0.1) is 3.79 Å². The summed E-state index contributed by atoms with van der Waals surface area (Å²) < 4.78 is 1.25. The van der Waals surface area contributed by atoms with Gasteiger partial charge in [-0.3, -0.25) is 0 Å². The Kier molecular flexibility index (Phi) is 6.01. The minimum Gasteiger partial charge on any atom is -0.312 e. The number of halogens is 1. The van der Waals surface area contributed by atoms with Crippen LogP contribution in [-0.4, -0.2) is 12.1 Å². The van der Waals surface area contributed by atoms with Crippen molar-refractivity contribution in [3.05, 3.63) is 20.8 Å². The van der Waals surface area contributed by atoms with E-state index >= 15 is 0 Å². The van der Waals surface area contributed by atoms with Gasteiger partial charge in [-0.25, -0.2) is 0 Å². The Labute approximate surface area is 112 Å². The highest BCUT2D eigenvalue weighted by Gasteiger charge is 2.06. The Hall–Kier alpha value is 0.140.